The fourth-order valence-corrected chi connectivity index (χ4v) is 3.03. The van der Waals surface area contributed by atoms with Gasteiger partial charge in [0.15, 0.2) is 11.5 Å². The second kappa shape index (κ2) is 7.68. The first kappa shape index (κ1) is 17.6. The van der Waals surface area contributed by atoms with E-state index in [0.29, 0.717) is 0 Å². The molecule has 128 valence electrons. The highest BCUT2D eigenvalue weighted by molar-refractivity contribution is 5.81. The molecule has 0 saturated carbocycles. The van der Waals surface area contributed by atoms with Crippen molar-refractivity contribution in [2.24, 2.45) is 0 Å². The molecule has 0 fully saturated rings. The van der Waals surface area contributed by atoms with Crippen molar-refractivity contribution < 1.29 is 14.3 Å². The number of benzene rings is 1. The van der Waals surface area contributed by atoms with E-state index in [1.165, 1.54) is 11.1 Å². The molecule has 5 heteroatoms. The molecule has 23 heavy (non-hydrogen) atoms. The number of rotatable bonds is 5. The maximum Gasteiger partial charge on any atom is 0.237 e. The lowest BCUT2D eigenvalue weighted by molar-refractivity contribution is -0.126. The highest BCUT2D eigenvalue weighted by Gasteiger charge is 2.24. The zero-order valence-corrected chi connectivity index (χ0v) is 14.8. The van der Waals surface area contributed by atoms with E-state index in [9.17, 15) is 4.79 Å². The Morgan fingerprint density at radius 1 is 1.04 bits per heavy atom. The Balaban J connectivity index is 2.12. The van der Waals surface area contributed by atoms with Gasteiger partial charge in [0.25, 0.3) is 0 Å². The van der Waals surface area contributed by atoms with Crippen molar-refractivity contribution in [2.75, 3.05) is 27.3 Å². The molecular weight excluding hydrogens is 292 g/mol. The van der Waals surface area contributed by atoms with Gasteiger partial charge < -0.3 is 14.8 Å². The molecule has 1 heterocycles. The Hall–Kier alpha value is -1.75. The first-order chi connectivity index (χ1) is 11.0. The molecule has 0 aromatic heterocycles. The SMILES string of the molecule is COc1cc2c(cc1OC)CCN([C@@H](C)C(=O)NC(C)C)CC2. The molecule has 1 aromatic rings. The number of nitrogens with zero attached hydrogens (tertiary/aromatic N) is 1. The summed E-state index contributed by atoms with van der Waals surface area (Å²) < 4.78 is 10.8. The van der Waals surface area contributed by atoms with Crippen LogP contribution in [0.2, 0.25) is 0 Å². The first-order valence-electron chi connectivity index (χ1n) is 8.24. The molecule has 1 amide bonds. The summed E-state index contributed by atoms with van der Waals surface area (Å²) in [5.74, 6) is 1.64. The summed E-state index contributed by atoms with van der Waals surface area (Å²) in [4.78, 5) is 14.5. The van der Waals surface area contributed by atoms with Crippen LogP contribution >= 0.6 is 0 Å². The van der Waals surface area contributed by atoms with Gasteiger partial charge in [-0.1, -0.05) is 0 Å². The van der Waals surface area contributed by atoms with Gasteiger partial charge in [-0.25, -0.2) is 0 Å². The summed E-state index contributed by atoms with van der Waals surface area (Å²) in [6, 6.07) is 4.19. The zero-order valence-electron chi connectivity index (χ0n) is 14.8. The molecule has 0 saturated heterocycles. The molecule has 0 aliphatic carbocycles. The lowest BCUT2D eigenvalue weighted by Crippen LogP contribution is -2.47. The van der Waals surface area contributed by atoms with Crippen LogP contribution in [0.3, 0.4) is 0 Å². The van der Waals surface area contributed by atoms with Crippen LogP contribution in [0.1, 0.15) is 31.9 Å². The fraction of sp³-hybridized carbons (Fsp3) is 0.611. The molecule has 1 aliphatic heterocycles. The van der Waals surface area contributed by atoms with Gasteiger partial charge in [0.05, 0.1) is 20.3 Å². The lowest BCUT2D eigenvalue weighted by Gasteiger charge is -2.27. The molecule has 1 aliphatic rings. The van der Waals surface area contributed by atoms with E-state index in [1.54, 1.807) is 14.2 Å². The Bertz CT molecular complexity index is 522. The van der Waals surface area contributed by atoms with E-state index in [4.69, 9.17) is 9.47 Å². The molecule has 0 spiro atoms. The summed E-state index contributed by atoms with van der Waals surface area (Å²) in [7, 11) is 3.32. The third kappa shape index (κ3) is 4.16. The van der Waals surface area contributed by atoms with E-state index in [2.05, 4.69) is 22.3 Å². The van der Waals surface area contributed by atoms with Crippen LogP contribution in [-0.4, -0.2) is 50.2 Å². The molecule has 0 bridgehead atoms. The van der Waals surface area contributed by atoms with Crippen LogP contribution in [0.5, 0.6) is 11.5 Å². The van der Waals surface area contributed by atoms with Gasteiger partial charge in [-0.2, -0.15) is 0 Å². The fourth-order valence-electron chi connectivity index (χ4n) is 3.03. The maximum atomic E-state index is 12.2. The van der Waals surface area contributed by atoms with Crippen molar-refractivity contribution in [3.8, 4) is 11.5 Å². The van der Waals surface area contributed by atoms with E-state index in [0.717, 1.165) is 37.4 Å². The smallest absolute Gasteiger partial charge is 0.237 e. The Kier molecular flexibility index (Phi) is 5.88. The van der Waals surface area contributed by atoms with E-state index in [-0.39, 0.29) is 18.0 Å². The molecule has 2 rings (SSSR count). The molecule has 5 nitrogen and oxygen atoms in total. The van der Waals surface area contributed by atoms with Crippen LogP contribution in [0.15, 0.2) is 12.1 Å². The number of amides is 1. The Labute approximate surface area is 139 Å². The Morgan fingerprint density at radius 2 is 1.52 bits per heavy atom. The maximum absolute atomic E-state index is 12.2. The number of carbonyl (C=O) groups excluding carboxylic acids is 1. The average Bonchev–Trinajstić information content (AvgIpc) is 2.73. The minimum atomic E-state index is -0.115. The third-order valence-corrected chi connectivity index (χ3v) is 4.40. The van der Waals surface area contributed by atoms with E-state index in [1.807, 2.05) is 20.8 Å². The summed E-state index contributed by atoms with van der Waals surface area (Å²) in [6.07, 6.45) is 1.82. The summed E-state index contributed by atoms with van der Waals surface area (Å²) >= 11 is 0. The number of hydrogen-bond donors (Lipinski definition) is 1. The van der Waals surface area contributed by atoms with E-state index < -0.39 is 0 Å². The molecule has 0 unspecified atom stereocenters. The molecule has 1 aromatic carbocycles. The first-order valence-corrected chi connectivity index (χ1v) is 8.24. The van der Waals surface area contributed by atoms with Gasteiger partial charge in [-0.3, -0.25) is 9.69 Å². The summed E-state index contributed by atoms with van der Waals surface area (Å²) in [5.41, 5.74) is 2.56. The minimum Gasteiger partial charge on any atom is -0.493 e. The van der Waals surface area contributed by atoms with Crippen LogP contribution in [0.25, 0.3) is 0 Å². The number of fused-ring (bicyclic) bond motifs is 1. The summed E-state index contributed by atoms with van der Waals surface area (Å²) in [5, 5.41) is 3.00. The van der Waals surface area contributed by atoms with Gasteiger partial charge >= 0.3 is 0 Å². The van der Waals surface area contributed by atoms with Crippen molar-refractivity contribution in [1.29, 1.82) is 0 Å². The number of nitrogens with one attached hydrogen (secondary N) is 1. The zero-order chi connectivity index (χ0) is 17.0. The van der Waals surface area contributed by atoms with Gasteiger partial charge in [0.1, 0.15) is 0 Å². The topological polar surface area (TPSA) is 50.8 Å². The number of ether oxygens (including phenoxy) is 2. The quantitative estimate of drug-likeness (QED) is 0.902. The Morgan fingerprint density at radius 3 is 1.91 bits per heavy atom. The van der Waals surface area contributed by atoms with Crippen molar-refractivity contribution >= 4 is 5.91 Å². The predicted octanol–water partition coefficient (Wildman–Crippen LogP) is 2.02. The van der Waals surface area contributed by atoms with Gasteiger partial charge in [-0.05, 0) is 56.9 Å². The van der Waals surface area contributed by atoms with Gasteiger partial charge in [0, 0.05) is 19.1 Å². The number of carbonyl (C=O) groups is 1. The number of methoxy groups -OCH3 is 2. The monoisotopic (exact) mass is 320 g/mol. The van der Waals surface area contributed by atoms with Gasteiger partial charge in [-0.15, -0.1) is 0 Å². The lowest BCUT2D eigenvalue weighted by atomic mass is 10.0. The van der Waals surface area contributed by atoms with Crippen LogP contribution in [0.4, 0.5) is 0 Å². The predicted molar refractivity (Wildman–Crippen MR) is 91.3 cm³/mol. The summed E-state index contributed by atoms with van der Waals surface area (Å²) in [6.45, 7) is 7.70. The van der Waals surface area contributed by atoms with E-state index >= 15 is 0 Å². The molecule has 0 radical (unpaired) electrons. The van der Waals surface area contributed by atoms with Crippen LogP contribution in [-0.2, 0) is 17.6 Å². The van der Waals surface area contributed by atoms with Crippen molar-refractivity contribution in [2.45, 2.75) is 45.7 Å². The normalized spacial score (nSPS) is 16.4. The molecular formula is C18H28N2O3. The molecule has 1 N–H and O–H groups in total. The third-order valence-electron chi connectivity index (χ3n) is 4.40. The highest BCUT2D eigenvalue weighted by Crippen LogP contribution is 2.32. The standard InChI is InChI=1S/C18H28N2O3/c1-12(2)19-18(21)13(3)20-8-6-14-10-16(22-4)17(23-5)11-15(14)7-9-20/h10-13H,6-9H2,1-5H3,(H,19,21)/t13-/m0/s1. The largest absolute Gasteiger partial charge is 0.493 e. The van der Waals surface area contributed by atoms with Crippen molar-refractivity contribution in [1.82, 2.24) is 10.2 Å². The highest BCUT2D eigenvalue weighted by atomic mass is 16.5. The second-order valence-electron chi connectivity index (χ2n) is 6.35. The average molecular weight is 320 g/mol. The van der Waals surface area contributed by atoms with Crippen molar-refractivity contribution in [3.05, 3.63) is 23.3 Å². The van der Waals surface area contributed by atoms with Crippen molar-refractivity contribution in [3.63, 3.8) is 0 Å². The molecule has 1 atom stereocenters. The van der Waals surface area contributed by atoms with Crippen LogP contribution < -0.4 is 14.8 Å². The minimum absolute atomic E-state index is 0.0983. The van der Waals surface area contributed by atoms with Crippen LogP contribution in [0, 0.1) is 0 Å². The van der Waals surface area contributed by atoms with Gasteiger partial charge in [0.2, 0.25) is 5.91 Å². The number of hydrogen-bond acceptors (Lipinski definition) is 4. The second-order valence-corrected chi connectivity index (χ2v) is 6.35.